The van der Waals surface area contributed by atoms with Gasteiger partial charge in [-0.05, 0) is 53.7 Å². The van der Waals surface area contributed by atoms with E-state index in [0.717, 1.165) is 0 Å². The van der Waals surface area contributed by atoms with Crippen molar-refractivity contribution in [1.82, 2.24) is 0 Å². The van der Waals surface area contributed by atoms with Crippen molar-refractivity contribution in [2.24, 2.45) is 28.6 Å². The van der Waals surface area contributed by atoms with E-state index in [9.17, 15) is 29.7 Å². The third-order valence-corrected chi connectivity index (χ3v) is 9.65. The van der Waals surface area contributed by atoms with E-state index in [-0.39, 0.29) is 5.57 Å². The molecule has 5 fully saturated rings. The van der Waals surface area contributed by atoms with Crippen LogP contribution >= 0.6 is 0 Å². The Hall–Kier alpha value is -2.65. The second-order valence-corrected chi connectivity index (χ2v) is 11.2. The largest absolute Gasteiger partial charge is 0.508 e. The van der Waals surface area contributed by atoms with Gasteiger partial charge < -0.3 is 24.8 Å². The number of carbonyl (C=O) groups is 3. The molecule has 5 aliphatic rings. The lowest BCUT2D eigenvalue weighted by Gasteiger charge is -2.59. The van der Waals surface area contributed by atoms with Crippen LogP contribution in [0.25, 0.3) is 0 Å². The fraction of sp³-hybridized carbons (Fsp3) is 0.536. The topological polar surface area (TPSA) is 130 Å². The van der Waals surface area contributed by atoms with Gasteiger partial charge in [0, 0.05) is 17.4 Å². The zero-order valence-electron chi connectivity index (χ0n) is 21.2. The molecule has 8 nitrogen and oxygen atoms in total. The highest BCUT2D eigenvalue weighted by atomic mass is 16.8. The van der Waals surface area contributed by atoms with Gasteiger partial charge in [0.25, 0.3) is 0 Å². The van der Waals surface area contributed by atoms with Gasteiger partial charge in [-0.2, -0.15) is 0 Å². The summed E-state index contributed by atoms with van der Waals surface area (Å²) in [5.74, 6) is -10.7. The standard InChI is InChI=1S/C28H32O8/c1-7-9-11-13-15(29)17-19-23(3)22(32)18(16(30)14-12-10-8-2)20-24(4,21(17)31)28(34)25(19,5)35-27(23,33)26(20,6)36-28/h7-14,17,19-20,30,33-34H,1-6H3. The van der Waals surface area contributed by atoms with Crippen molar-refractivity contribution in [2.45, 2.75) is 64.3 Å². The molecule has 0 radical (unpaired) electrons. The molecule has 8 bridgehead atoms. The third-order valence-electron chi connectivity index (χ3n) is 9.65. The highest BCUT2D eigenvalue weighted by Crippen LogP contribution is 2.83. The second kappa shape index (κ2) is 7.01. The molecule has 0 aromatic heterocycles. The van der Waals surface area contributed by atoms with Crippen LogP contribution in [0.4, 0.5) is 0 Å². The minimum absolute atomic E-state index is 0.120. The predicted octanol–water partition coefficient (Wildman–Crippen LogP) is 2.63. The van der Waals surface area contributed by atoms with Crippen molar-refractivity contribution in [3.63, 3.8) is 0 Å². The first kappa shape index (κ1) is 25.0. The number of hydrogen-bond donors (Lipinski definition) is 3. The minimum Gasteiger partial charge on any atom is -0.508 e. The number of hydrogen-bond acceptors (Lipinski definition) is 8. The van der Waals surface area contributed by atoms with Crippen LogP contribution in [0.1, 0.15) is 41.5 Å². The Kier molecular flexibility index (Phi) is 4.87. The SMILES string of the molecule is CC=CC=CC(=O)C1C(=O)C2(C)C3C(=C(O)C=CC=CC)C(=O)C4(C)C1C1(C)OC4(O)C3(C)OC12O. The summed E-state index contributed by atoms with van der Waals surface area (Å²) in [4.78, 5) is 42.2. The van der Waals surface area contributed by atoms with Crippen LogP contribution in [0.5, 0.6) is 0 Å². The number of ether oxygens (including phenoxy) is 2. The first-order valence-corrected chi connectivity index (χ1v) is 12.2. The maximum absolute atomic E-state index is 14.3. The molecule has 9 unspecified atom stereocenters. The molecule has 2 saturated heterocycles. The van der Waals surface area contributed by atoms with E-state index in [0.29, 0.717) is 0 Å². The van der Waals surface area contributed by atoms with Crippen LogP contribution in [-0.2, 0) is 23.9 Å². The normalized spacial score (nSPS) is 52.3. The molecule has 5 rings (SSSR count). The molecule has 8 heteroatoms. The number of allylic oxidation sites excluding steroid dienone is 8. The fourth-order valence-electron chi connectivity index (χ4n) is 8.21. The summed E-state index contributed by atoms with van der Waals surface area (Å²) in [6.45, 7) is 9.43. The van der Waals surface area contributed by atoms with Crippen LogP contribution in [-0.4, -0.2) is 55.4 Å². The van der Waals surface area contributed by atoms with Gasteiger partial charge in [0.2, 0.25) is 11.6 Å². The number of rotatable bonds is 5. The fourth-order valence-corrected chi connectivity index (χ4v) is 8.21. The molecule has 192 valence electrons. The summed E-state index contributed by atoms with van der Waals surface area (Å²) >= 11 is 0. The lowest BCUT2D eigenvalue weighted by Crippen LogP contribution is -2.76. The van der Waals surface area contributed by atoms with Gasteiger partial charge in [0.05, 0.1) is 16.7 Å². The van der Waals surface area contributed by atoms with Crippen molar-refractivity contribution >= 4 is 17.3 Å². The van der Waals surface area contributed by atoms with Gasteiger partial charge in [-0.25, -0.2) is 0 Å². The van der Waals surface area contributed by atoms with Gasteiger partial charge in [-0.15, -0.1) is 0 Å². The lowest BCUT2D eigenvalue weighted by atomic mass is 9.38. The molecule has 3 N–H and O–H groups in total. The number of ketones is 3. The molecule has 2 heterocycles. The first-order chi connectivity index (χ1) is 16.7. The molecular weight excluding hydrogens is 464 g/mol. The van der Waals surface area contributed by atoms with E-state index in [1.807, 2.05) is 0 Å². The molecule has 36 heavy (non-hydrogen) atoms. The van der Waals surface area contributed by atoms with E-state index >= 15 is 0 Å². The second-order valence-electron chi connectivity index (χ2n) is 11.2. The molecule has 9 atom stereocenters. The molecule has 0 aromatic rings. The summed E-state index contributed by atoms with van der Waals surface area (Å²) in [5.41, 5.74) is -7.43. The lowest BCUT2D eigenvalue weighted by molar-refractivity contribution is -0.451. The Morgan fingerprint density at radius 2 is 1.36 bits per heavy atom. The third kappa shape index (κ3) is 2.17. The summed E-state index contributed by atoms with van der Waals surface area (Å²) in [6, 6.07) is 0. The zero-order valence-corrected chi connectivity index (χ0v) is 21.2. The van der Waals surface area contributed by atoms with E-state index < -0.39 is 74.5 Å². The number of aliphatic hydroxyl groups is 3. The maximum atomic E-state index is 14.3. The van der Waals surface area contributed by atoms with E-state index in [1.54, 1.807) is 44.2 Å². The van der Waals surface area contributed by atoms with E-state index in [4.69, 9.17) is 9.47 Å². The summed E-state index contributed by atoms with van der Waals surface area (Å²) in [7, 11) is 0. The van der Waals surface area contributed by atoms with Crippen LogP contribution in [0.3, 0.4) is 0 Å². The number of Topliss-reactive ketones (excluding diaryl/α,β-unsaturated/α-hetero) is 2. The summed E-state index contributed by atoms with van der Waals surface area (Å²) in [5, 5.41) is 35.4. The molecular formula is C28H32O8. The van der Waals surface area contributed by atoms with Gasteiger partial charge >= 0.3 is 0 Å². The van der Waals surface area contributed by atoms with Crippen LogP contribution in [0.2, 0.25) is 0 Å². The van der Waals surface area contributed by atoms with Crippen molar-refractivity contribution in [3.05, 3.63) is 59.9 Å². The highest BCUT2D eigenvalue weighted by Gasteiger charge is 3.00. The van der Waals surface area contributed by atoms with Gasteiger partial charge in [0.1, 0.15) is 17.0 Å². The van der Waals surface area contributed by atoms with Gasteiger partial charge in [-0.3, -0.25) is 14.4 Å². The molecule has 2 aliphatic heterocycles. The zero-order chi connectivity index (χ0) is 26.7. The molecule has 3 aliphatic carbocycles. The molecule has 3 saturated carbocycles. The number of aliphatic hydroxyl groups excluding tert-OH is 1. The van der Waals surface area contributed by atoms with Crippen LogP contribution in [0, 0.1) is 28.6 Å². The van der Waals surface area contributed by atoms with Crippen molar-refractivity contribution in [3.8, 4) is 0 Å². The molecule has 0 amide bonds. The monoisotopic (exact) mass is 496 g/mol. The van der Waals surface area contributed by atoms with Crippen molar-refractivity contribution in [1.29, 1.82) is 0 Å². The van der Waals surface area contributed by atoms with Gasteiger partial charge in [0.15, 0.2) is 17.3 Å². The van der Waals surface area contributed by atoms with Crippen LogP contribution in [0.15, 0.2) is 59.9 Å². The molecule has 0 spiro atoms. The van der Waals surface area contributed by atoms with Crippen molar-refractivity contribution < 1.29 is 39.2 Å². The van der Waals surface area contributed by atoms with Crippen LogP contribution < -0.4 is 0 Å². The smallest absolute Gasteiger partial charge is 0.209 e. The summed E-state index contributed by atoms with van der Waals surface area (Å²) < 4.78 is 12.5. The Morgan fingerprint density at radius 3 is 1.94 bits per heavy atom. The number of carbonyl (C=O) groups excluding carboxylic acids is 3. The van der Waals surface area contributed by atoms with E-state index in [1.165, 1.54) is 45.9 Å². The maximum Gasteiger partial charge on any atom is 0.209 e. The average Bonchev–Trinajstić information content (AvgIpc) is 3.12. The predicted molar refractivity (Wildman–Crippen MR) is 128 cm³/mol. The average molecular weight is 497 g/mol. The Balaban J connectivity index is 1.87. The Labute approximate surface area is 209 Å². The molecule has 0 aromatic carbocycles. The first-order valence-electron chi connectivity index (χ1n) is 12.2. The minimum atomic E-state index is -2.27. The van der Waals surface area contributed by atoms with E-state index in [2.05, 4.69) is 0 Å². The van der Waals surface area contributed by atoms with Gasteiger partial charge in [-0.1, -0.05) is 36.5 Å². The summed E-state index contributed by atoms with van der Waals surface area (Å²) in [6.07, 6.45) is 12.4. The quantitative estimate of drug-likeness (QED) is 0.229. The van der Waals surface area contributed by atoms with Crippen molar-refractivity contribution in [2.75, 3.05) is 0 Å². The Bertz CT molecular complexity index is 1250. The highest BCUT2D eigenvalue weighted by molar-refractivity contribution is 6.16. The Morgan fingerprint density at radius 1 is 0.833 bits per heavy atom.